The first-order valence-electron chi connectivity index (χ1n) is 8.09. The third kappa shape index (κ3) is 3.34. The Labute approximate surface area is 140 Å². The second kappa shape index (κ2) is 6.90. The van der Waals surface area contributed by atoms with Gasteiger partial charge in [-0.2, -0.15) is 0 Å². The van der Waals surface area contributed by atoms with Gasteiger partial charge in [0.05, 0.1) is 30.9 Å². The van der Waals surface area contributed by atoms with Gasteiger partial charge >= 0.3 is 6.09 Å². The third-order valence-corrected chi connectivity index (χ3v) is 4.43. The van der Waals surface area contributed by atoms with Crippen molar-refractivity contribution < 1.29 is 14.3 Å². The highest BCUT2D eigenvalue weighted by Gasteiger charge is 2.22. The van der Waals surface area contributed by atoms with Crippen molar-refractivity contribution in [1.29, 1.82) is 0 Å². The summed E-state index contributed by atoms with van der Waals surface area (Å²) < 4.78 is 6.71. The van der Waals surface area contributed by atoms with Gasteiger partial charge < -0.3 is 19.1 Å². The van der Waals surface area contributed by atoms with Crippen LogP contribution in [-0.4, -0.2) is 64.6 Å². The van der Waals surface area contributed by atoms with E-state index < -0.39 is 0 Å². The second-order valence-electron chi connectivity index (χ2n) is 6.05. The lowest BCUT2D eigenvalue weighted by atomic mass is 10.1. The van der Waals surface area contributed by atoms with Gasteiger partial charge in [0.25, 0.3) is 0 Å². The third-order valence-electron chi connectivity index (χ3n) is 4.43. The van der Waals surface area contributed by atoms with Gasteiger partial charge in [-0.25, -0.2) is 9.78 Å². The molecule has 0 saturated carbocycles. The molecule has 0 aliphatic carbocycles. The monoisotopic (exact) mass is 330 g/mol. The molecule has 1 aliphatic heterocycles. The predicted molar refractivity (Wildman–Crippen MR) is 89.6 cm³/mol. The molecule has 2 aromatic rings. The fourth-order valence-electron chi connectivity index (χ4n) is 3.06. The Balaban J connectivity index is 1.64. The average molecular weight is 330 g/mol. The number of carbonyl (C=O) groups is 2. The lowest BCUT2D eigenvalue weighted by molar-refractivity contribution is -0.130. The maximum Gasteiger partial charge on any atom is 0.409 e. The largest absolute Gasteiger partial charge is 0.453 e. The maximum atomic E-state index is 12.6. The molecule has 2 heterocycles. The molecule has 24 heavy (non-hydrogen) atoms. The number of methoxy groups -OCH3 is 1. The Morgan fingerprint density at radius 2 is 1.92 bits per heavy atom. The topological polar surface area (TPSA) is 67.7 Å². The van der Waals surface area contributed by atoms with E-state index in [4.69, 9.17) is 4.74 Å². The molecule has 0 unspecified atom stereocenters. The molecule has 0 atom stereocenters. The summed E-state index contributed by atoms with van der Waals surface area (Å²) in [6, 6.07) is 5.93. The van der Waals surface area contributed by atoms with Crippen LogP contribution >= 0.6 is 0 Å². The number of imidazole rings is 1. The zero-order valence-electron chi connectivity index (χ0n) is 14.1. The maximum absolute atomic E-state index is 12.6. The van der Waals surface area contributed by atoms with Crippen molar-refractivity contribution in [3.63, 3.8) is 0 Å². The number of carbonyl (C=O) groups excluding carboxylic acids is 2. The molecule has 1 fully saturated rings. The van der Waals surface area contributed by atoms with Crippen molar-refractivity contribution in [3.05, 3.63) is 30.1 Å². The van der Waals surface area contributed by atoms with Crippen LogP contribution in [-0.2, 0) is 23.0 Å². The van der Waals surface area contributed by atoms with E-state index in [9.17, 15) is 9.59 Å². The number of rotatable bonds is 2. The van der Waals surface area contributed by atoms with Crippen LogP contribution < -0.4 is 0 Å². The van der Waals surface area contributed by atoms with Gasteiger partial charge in [-0.3, -0.25) is 4.79 Å². The summed E-state index contributed by atoms with van der Waals surface area (Å²) in [6.07, 6.45) is 2.56. The lowest BCUT2D eigenvalue weighted by Gasteiger charge is -2.21. The van der Waals surface area contributed by atoms with Crippen molar-refractivity contribution in [1.82, 2.24) is 19.4 Å². The van der Waals surface area contributed by atoms with Gasteiger partial charge in [-0.05, 0) is 24.1 Å². The minimum absolute atomic E-state index is 0.0806. The molecule has 1 aromatic heterocycles. The molecule has 0 N–H and O–H groups in total. The van der Waals surface area contributed by atoms with Crippen LogP contribution in [0.4, 0.5) is 4.79 Å². The Kier molecular flexibility index (Phi) is 4.69. The highest BCUT2D eigenvalue weighted by Crippen LogP contribution is 2.15. The van der Waals surface area contributed by atoms with Crippen molar-refractivity contribution >= 4 is 23.0 Å². The summed E-state index contributed by atoms with van der Waals surface area (Å²) in [5.41, 5.74) is 2.91. The van der Waals surface area contributed by atoms with E-state index in [1.807, 2.05) is 34.7 Å². The van der Waals surface area contributed by atoms with Gasteiger partial charge in [-0.1, -0.05) is 6.07 Å². The summed E-state index contributed by atoms with van der Waals surface area (Å²) in [5, 5.41) is 0. The minimum atomic E-state index is -0.329. The number of aryl methyl sites for hydroxylation is 1. The highest BCUT2D eigenvalue weighted by molar-refractivity contribution is 5.82. The van der Waals surface area contributed by atoms with Gasteiger partial charge in [0.2, 0.25) is 5.91 Å². The molecule has 7 nitrogen and oxygen atoms in total. The summed E-state index contributed by atoms with van der Waals surface area (Å²) in [6.45, 7) is 2.34. The molecule has 1 aliphatic rings. The Hall–Kier alpha value is -2.57. The number of amides is 2. The van der Waals surface area contributed by atoms with Gasteiger partial charge in [0.15, 0.2) is 0 Å². The van der Waals surface area contributed by atoms with Gasteiger partial charge in [0, 0.05) is 33.2 Å². The average Bonchev–Trinajstić information content (AvgIpc) is 2.80. The van der Waals surface area contributed by atoms with Crippen LogP contribution in [0, 0.1) is 0 Å². The summed E-state index contributed by atoms with van der Waals surface area (Å²) in [5.74, 6) is 0.0806. The first kappa shape index (κ1) is 16.3. The standard InChI is InChI=1S/C17H22N4O3/c1-19-12-18-14-10-13(4-5-15(14)19)11-16(22)20-6-3-7-21(9-8-20)17(23)24-2/h4-5,10,12H,3,6-9,11H2,1-2H3. The molecule has 0 radical (unpaired) electrons. The van der Waals surface area contributed by atoms with E-state index in [2.05, 4.69) is 4.98 Å². The smallest absolute Gasteiger partial charge is 0.409 e. The SMILES string of the molecule is COC(=O)N1CCCN(C(=O)Cc2ccc3c(c2)ncn3C)CC1. The van der Waals surface area contributed by atoms with Crippen LogP contribution in [0.2, 0.25) is 0 Å². The molecule has 7 heteroatoms. The lowest BCUT2D eigenvalue weighted by Crippen LogP contribution is -2.37. The molecular formula is C17H22N4O3. The van der Waals surface area contributed by atoms with Crippen LogP contribution in [0.15, 0.2) is 24.5 Å². The van der Waals surface area contributed by atoms with Crippen LogP contribution in [0.1, 0.15) is 12.0 Å². The van der Waals surface area contributed by atoms with E-state index >= 15 is 0 Å². The summed E-state index contributed by atoms with van der Waals surface area (Å²) in [4.78, 5) is 32.0. The number of hydrogen-bond donors (Lipinski definition) is 0. The summed E-state index contributed by atoms with van der Waals surface area (Å²) in [7, 11) is 3.33. The Morgan fingerprint density at radius 1 is 1.17 bits per heavy atom. The van der Waals surface area contributed by atoms with Crippen LogP contribution in [0.25, 0.3) is 11.0 Å². The molecule has 1 aromatic carbocycles. The van der Waals surface area contributed by atoms with E-state index in [0.29, 0.717) is 32.6 Å². The number of aromatic nitrogens is 2. The molecule has 128 valence electrons. The van der Waals surface area contributed by atoms with Gasteiger partial charge in [0.1, 0.15) is 0 Å². The number of hydrogen-bond acceptors (Lipinski definition) is 4. The normalized spacial score (nSPS) is 15.4. The number of fused-ring (bicyclic) bond motifs is 1. The number of benzene rings is 1. The van der Waals surface area contributed by atoms with E-state index in [1.165, 1.54) is 7.11 Å². The molecule has 0 spiro atoms. The van der Waals surface area contributed by atoms with Crippen LogP contribution in [0.3, 0.4) is 0 Å². The summed E-state index contributed by atoms with van der Waals surface area (Å²) >= 11 is 0. The fourth-order valence-corrected chi connectivity index (χ4v) is 3.06. The Morgan fingerprint density at radius 3 is 2.71 bits per heavy atom. The van der Waals surface area contributed by atoms with Crippen molar-refractivity contribution in [2.24, 2.45) is 7.05 Å². The quantitative estimate of drug-likeness (QED) is 0.835. The zero-order valence-corrected chi connectivity index (χ0v) is 14.1. The fraction of sp³-hybridized carbons (Fsp3) is 0.471. The zero-order chi connectivity index (χ0) is 17.1. The molecular weight excluding hydrogens is 308 g/mol. The van der Waals surface area contributed by atoms with Crippen molar-refractivity contribution in [3.8, 4) is 0 Å². The first-order valence-corrected chi connectivity index (χ1v) is 8.09. The highest BCUT2D eigenvalue weighted by atomic mass is 16.5. The van der Waals surface area contributed by atoms with Crippen LogP contribution in [0.5, 0.6) is 0 Å². The predicted octanol–water partition coefficient (Wildman–Crippen LogP) is 1.42. The minimum Gasteiger partial charge on any atom is -0.453 e. The first-order chi connectivity index (χ1) is 11.6. The van der Waals surface area contributed by atoms with Gasteiger partial charge in [-0.15, -0.1) is 0 Å². The number of nitrogens with zero attached hydrogens (tertiary/aromatic N) is 4. The van der Waals surface area contributed by atoms with Crippen molar-refractivity contribution in [2.75, 3.05) is 33.3 Å². The number of ether oxygens (including phenoxy) is 1. The molecule has 3 rings (SSSR count). The second-order valence-corrected chi connectivity index (χ2v) is 6.05. The Bertz CT molecular complexity index is 755. The molecule has 1 saturated heterocycles. The van der Waals surface area contributed by atoms with E-state index in [0.717, 1.165) is 23.0 Å². The molecule has 0 bridgehead atoms. The van der Waals surface area contributed by atoms with Crippen molar-refractivity contribution in [2.45, 2.75) is 12.8 Å². The molecule has 2 amide bonds. The van der Waals surface area contributed by atoms with E-state index in [-0.39, 0.29) is 12.0 Å². The van der Waals surface area contributed by atoms with E-state index in [1.54, 1.807) is 11.2 Å².